The van der Waals surface area contributed by atoms with Crippen LogP contribution in [0.15, 0.2) is 24.3 Å². The van der Waals surface area contributed by atoms with Crippen LogP contribution in [0.5, 0.6) is 5.75 Å². The van der Waals surface area contributed by atoms with Gasteiger partial charge in [-0.05, 0) is 36.8 Å². The summed E-state index contributed by atoms with van der Waals surface area (Å²) >= 11 is 1.54. The Kier molecular flexibility index (Phi) is 6.50. The molecule has 2 aliphatic heterocycles. The Hall–Kier alpha value is -0.830. The van der Waals surface area contributed by atoms with Gasteiger partial charge in [0.2, 0.25) is 0 Å². The van der Waals surface area contributed by atoms with Crippen LogP contribution in [0.4, 0.5) is 0 Å². The van der Waals surface area contributed by atoms with Crippen LogP contribution >= 0.6 is 11.8 Å². The Bertz CT molecular complexity index is 632. The largest absolute Gasteiger partial charge is 0.497 e. The smallest absolute Gasteiger partial charge is 0.169 e. The number of hydrogen-bond donors (Lipinski definition) is 1. The van der Waals surface area contributed by atoms with Gasteiger partial charge >= 0.3 is 0 Å². The minimum atomic E-state index is -0.753. The average Bonchev–Trinajstić information content (AvgIpc) is 2.74. The van der Waals surface area contributed by atoms with Crippen molar-refractivity contribution in [1.82, 2.24) is 0 Å². The minimum Gasteiger partial charge on any atom is -0.497 e. The molecule has 6 nitrogen and oxygen atoms in total. The Morgan fingerprint density at radius 1 is 1.18 bits per heavy atom. The van der Waals surface area contributed by atoms with Crippen molar-refractivity contribution in [1.29, 1.82) is 0 Å². The molecule has 3 aliphatic rings. The molecule has 0 amide bonds. The van der Waals surface area contributed by atoms with E-state index in [1.807, 2.05) is 30.5 Å². The number of aliphatic hydroxyl groups is 1. The van der Waals surface area contributed by atoms with Gasteiger partial charge < -0.3 is 28.8 Å². The maximum Gasteiger partial charge on any atom is 0.169 e. The lowest BCUT2D eigenvalue weighted by atomic mass is 9.91. The van der Waals surface area contributed by atoms with Crippen molar-refractivity contribution in [3.63, 3.8) is 0 Å². The zero-order valence-corrected chi connectivity index (χ0v) is 17.4. The van der Waals surface area contributed by atoms with Gasteiger partial charge in [0.25, 0.3) is 0 Å². The Balaban J connectivity index is 1.43. The molecule has 7 heteroatoms. The number of thioether (sulfide) groups is 1. The summed E-state index contributed by atoms with van der Waals surface area (Å²) in [5.41, 5.74) is 0.758. The van der Waals surface area contributed by atoms with Crippen molar-refractivity contribution in [2.75, 3.05) is 20.0 Å². The lowest BCUT2D eigenvalue weighted by Gasteiger charge is -2.52. The van der Waals surface area contributed by atoms with E-state index in [2.05, 4.69) is 0 Å². The molecule has 0 aromatic heterocycles. The van der Waals surface area contributed by atoms with Gasteiger partial charge in [0.1, 0.15) is 35.6 Å². The lowest BCUT2D eigenvalue weighted by molar-refractivity contribution is -0.371. The summed E-state index contributed by atoms with van der Waals surface area (Å²) in [6.07, 6.45) is 5.24. The Morgan fingerprint density at radius 3 is 2.61 bits per heavy atom. The van der Waals surface area contributed by atoms with E-state index in [1.54, 1.807) is 18.9 Å². The molecule has 1 aliphatic carbocycles. The number of rotatable bonds is 5. The molecule has 1 N–H and O–H groups in total. The number of aliphatic hydroxyl groups excluding tert-OH is 1. The quantitative estimate of drug-likeness (QED) is 0.800. The van der Waals surface area contributed by atoms with E-state index in [4.69, 9.17) is 23.7 Å². The summed E-state index contributed by atoms with van der Waals surface area (Å²) in [5.74, 6) is 0.249. The summed E-state index contributed by atoms with van der Waals surface area (Å²) < 4.78 is 29.9. The highest BCUT2D eigenvalue weighted by molar-refractivity contribution is 7.99. The van der Waals surface area contributed by atoms with Crippen LogP contribution in [-0.4, -0.2) is 60.7 Å². The SMILES string of the molecule is COc1ccc(CO[C@H]2[C@@H](O)[C@@H]3OC4(CCCCC4)OC[C@H]3O[C@@H]2SC)cc1. The first-order valence-electron chi connectivity index (χ1n) is 10.1. The van der Waals surface area contributed by atoms with Crippen LogP contribution in [0.1, 0.15) is 37.7 Å². The number of ether oxygens (including phenoxy) is 5. The molecule has 1 aromatic rings. The third-order valence-electron chi connectivity index (χ3n) is 5.93. The van der Waals surface area contributed by atoms with Gasteiger partial charge in [-0.1, -0.05) is 18.6 Å². The molecule has 28 heavy (non-hydrogen) atoms. The maximum atomic E-state index is 11.1. The summed E-state index contributed by atoms with van der Waals surface area (Å²) in [6, 6.07) is 7.74. The molecule has 2 saturated heterocycles. The minimum absolute atomic E-state index is 0.262. The normalized spacial score (nSPS) is 34.8. The fourth-order valence-electron chi connectivity index (χ4n) is 4.32. The molecular formula is C21H30O6S. The average molecular weight is 411 g/mol. The van der Waals surface area contributed by atoms with Gasteiger partial charge in [-0.3, -0.25) is 0 Å². The fraction of sp³-hybridized carbons (Fsp3) is 0.714. The first-order valence-corrected chi connectivity index (χ1v) is 11.4. The Morgan fingerprint density at radius 2 is 1.93 bits per heavy atom. The first kappa shape index (κ1) is 20.4. The van der Waals surface area contributed by atoms with Crippen LogP contribution in [0.2, 0.25) is 0 Å². The molecule has 4 rings (SSSR count). The van der Waals surface area contributed by atoms with Gasteiger partial charge in [0.15, 0.2) is 5.79 Å². The van der Waals surface area contributed by atoms with Crippen molar-refractivity contribution < 1.29 is 28.8 Å². The van der Waals surface area contributed by atoms with Crippen molar-refractivity contribution >= 4 is 11.8 Å². The summed E-state index contributed by atoms with van der Waals surface area (Å²) in [6.45, 7) is 0.856. The predicted octanol–water partition coefficient (Wildman–Crippen LogP) is 3.11. The highest BCUT2D eigenvalue weighted by Gasteiger charge is 2.53. The monoisotopic (exact) mass is 410 g/mol. The number of benzene rings is 1. The van der Waals surface area contributed by atoms with Gasteiger partial charge in [-0.15, -0.1) is 11.8 Å². The van der Waals surface area contributed by atoms with E-state index in [0.717, 1.165) is 37.0 Å². The van der Waals surface area contributed by atoms with Crippen LogP contribution in [0, 0.1) is 0 Å². The van der Waals surface area contributed by atoms with Gasteiger partial charge in [-0.25, -0.2) is 0 Å². The van der Waals surface area contributed by atoms with E-state index >= 15 is 0 Å². The third kappa shape index (κ3) is 4.20. The third-order valence-corrected chi connectivity index (χ3v) is 6.77. The zero-order valence-electron chi connectivity index (χ0n) is 16.5. The molecular weight excluding hydrogens is 380 g/mol. The fourth-order valence-corrected chi connectivity index (χ4v) is 5.09. The zero-order chi connectivity index (χ0) is 19.6. The van der Waals surface area contributed by atoms with Gasteiger partial charge in [-0.2, -0.15) is 0 Å². The van der Waals surface area contributed by atoms with Crippen molar-refractivity contribution in [2.45, 2.75) is 74.3 Å². The molecule has 0 radical (unpaired) electrons. The number of hydrogen-bond acceptors (Lipinski definition) is 7. The topological polar surface area (TPSA) is 66.4 Å². The summed E-state index contributed by atoms with van der Waals surface area (Å²) in [5, 5.41) is 11.1. The van der Waals surface area contributed by atoms with Crippen molar-refractivity contribution in [2.24, 2.45) is 0 Å². The predicted molar refractivity (Wildman–Crippen MR) is 106 cm³/mol. The lowest BCUT2D eigenvalue weighted by Crippen LogP contribution is -2.65. The number of methoxy groups -OCH3 is 1. The van der Waals surface area contributed by atoms with Crippen LogP contribution in [0.3, 0.4) is 0 Å². The number of fused-ring (bicyclic) bond motifs is 1. The van der Waals surface area contributed by atoms with Crippen molar-refractivity contribution in [3.8, 4) is 5.75 Å². The molecule has 2 heterocycles. The molecule has 5 atom stereocenters. The van der Waals surface area contributed by atoms with Crippen molar-refractivity contribution in [3.05, 3.63) is 29.8 Å². The van der Waals surface area contributed by atoms with E-state index in [-0.39, 0.29) is 11.5 Å². The van der Waals surface area contributed by atoms with Crippen LogP contribution in [-0.2, 0) is 25.6 Å². The van der Waals surface area contributed by atoms with E-state index in [1.165, 1.54) is 6.42 Å². The maximum absolute atomic E-state index is 11.1. The van der Waals surface area contributed by atoms with E-state index in [9.17, 15) is 5.11 Å². The van der Waals surface area contributed by atoms with Crippen LogP contribution in [0.25, 0.3) is 0 Å². The molecule has 1 aromatic carbocycles. The van der Waals surface area contributed by atoms with E-state index < -0.39 is 24.1 Å². The Labute approximate surface area is 170 Å². The van der Waals surface area contributed by atoms with Gasteiger partial charge in [0, 0.05) is 12.8 Å². The first-order chi connectivity index (χ1) is 13.6. The second kappa shape index (κ2) is 8.90. The highest BCUT2D eigenvalue weighted by atomic mass is 32.2. The molecule has 0 unspecified atom stereocenters. The highest BCUT2D eigenvalue weighted by Crippen LogP contribution is 2.42. The van der Waals surface area contributed by atoms with E-state index in [0.29, 0.717) is 13.2 Å². The molecule has 0 bridgehead atoms. The summed E-state index contributed by atoms with van der Waals surface area (Å²) in [7, 11) is 1.65. The van der Waals surface area contributed by atoms with Crippen LogP contribution < -0.4 is 4.74 Å². The summed E-state index contributed by atoms with van der Waals surface area (Å²) in [4.78, 5) is 0. The second-order valence-corrected chi connectivity index (χ2v) is 8.69. The molecule has 1 spiro atoms. The second-order valence-electron chi connectivity index (χ2n) is 7.76. The molecule has 156 valence electrons. The molecule has 1 saturated carbocycles. The van der Waals surface area contributed by atoms with Gasteiger partial charge in [0.05, 0.1) is 20.3 Å². The standard InChI is InChI=1S/C21H30O6S/c1-23-15-8-6-14(7-9-15)12-24-19-17(22)18-16(26-20(19)28-2)13-25-21(27-18)10-4-3-5-11-21/h6-9,16-20,22H,3-5,10-13H2,1-2H3/t16-,17+,18-,19+,20-/m1/s1. The molecule has 3 fully saturated rings.